The van der Waals surface area contributed by atoms with Crippen molar-refractivity contribution in [1.82, 2.24) is 16.0 Å². The summed E-state index contributed by atoms with van der Waals surface area (Å²) in [6, 6.07) is 7.59. The second-order valence-corrected chi connectivity index (χ2v) is 5.53. The van der Waals surface area contributed by atoms with Crippen LogP contribution in [0.5, 0.6) is 0 Å². The van der Waals surface area contributed by atoms with Gasteiger partial charge in [0.25, 0.3) is 5.91 Å². The van der Waals surface area contributed by atoms with Gasteiger partial charge >= 0.3 is 0 Å². The predicted octanol–water partition coefficient (Wildman–Crippen LogP) is 2.77. The number of amides is 1. The largest absolute Gasteiger partial charge is 0.357 e. The Morgan fingerprint density at radius 3 is 2.43 bits per heavy atom. The molecule has 0 saturated heterocycles. The Morgan fingerprint density at radius 2 is 1.83 bits per heavy atom. The zero-order valence-electron chi connectivity index (χ0n) is 14.5. The first-order valence-electron chi connectivity index (χ1n) is 7.96. The second-order valence-electron chi connectivity index (χ2n) is 5.53. The number of carbonyl (C=O) groups is 1. The predicted molar refractivity (Wildman–Crippen MR) is 108 cm³/mol. The Morgan fingerprint density at radius 1 is 1.13 bits per heavy atom. The summed E-state index contributed by atoms with van der Waals surface area (Å²) >= 11 is 0. The molecule has 1 aromatic carbocycles. The summed E-state index contributed by atoms with van der Waals surface area (Å²) in [6.07, 6.45) is 0. The van der Waals surface area contributed by atoms with Gasteiger partial charge in [-0.1, -0.05) is 26.0 Å². The molecule has 0 radical (unpaired) electrons. The van der Waals surface area contributed by atoms with Gasteiger partial charge in [0.15, 0.2) is 5.96 Å². The smallest absolute Gasteiger partial charge is 0.251 e. The van der Waals surface area contributed by atoms with Gasteiger partial charge in [0.1, 0.15) is 0 Å². The minimum Gasteiger partial charge on any atom is -0.357 e. The van der Waals surface area contributed by atoms with E-state index >= 15 is 0 Å². The lowest BCUT2D eigenvalue weighted by atomic mass is 10.1. The molecule has 0 fully saturated rings. The lowest BCUT2D eigenvalue weighted by molar-refractivity contribution is 0.0955. The van der Waals surface area contributed by atoms with Crippen LogP contribution in [0.15, 0.2) is 29.3 Å². The van der Waals surface area contributed by atoms with Crippen LogP contribution < -0.4 is 16.0 Å². The molecular weight excluding hydrogens is 403 g/mol. The highest BCUT2D eigenvalue weighted by atomic mass is 127. The second kappa shape index (κ2) is 12.2. The molecule has 1 amide bonds. The van der Waals surface area contributed by atoms with Gasteiger partial charge in [0.05, 0.1) is 6.54 Å². The number of halogens is 1. The lowest BCUT2D eigenvalue weighted by Gasteiger charge is -2.13. The van der Waals surface area contributed by atoms with Crippen LogP contribution >= 0.6 is 24.0 Å². The van der Waals surface area contributed by atoms with Gasteiger partial charge in [0.2, 0.25) is 0 Å². The highest BCUT2D eigenvalue weighted by Crippen LogP contribution is 2.06. The monoisotopic (exact) mass is 432 g/mol. The number of carbonyl (C=O) groups excluding carboxylic acids is 1. The van der Waals surface area contributed by atoms with Crippen molar-refractivity contribution in [2.45, 2.75) is 34.2 Å². The standard InChI is InChI=1S/C17H28N4O.HI/c1-5-18-16(22)15-9-7-8-14(10-15)12-21-17(19-6-2)20-11-13(3)4;/h7-10,13H,5-6,11-12H2,1-4H3,(H,18,22)(H2,19,20,21);1H. The van der Waals surface area contributed by atoms with Crippen molar-refractivity contribution in [1.29, 1.82) is 0 Å². The topological polar surface area (TPSA) is 65.5 Å². The fraction of sp³-hybridized carbons (Fsp3) is 0.529. The van der Waals surface area contributed by atoms with Gasteiger partial charge in [-0.25, -0.2) is 4.99 Å². The van der Waals surface area contributed by atoms with Crippen LogP contribution in [0, 0.1) is 5.92 Å². The summed E-state index contributed by atoms with van der Waals surface area (Å²) in [5.41, 5.74) is 1.69. The average Bonchev–Trinajstić information content (AvgIpc) is 2.50. The van der Waals surface area contributed by atoms with Gasteiger partial charge in [-0.2, -0.15) is 0 Å². The van der Waals surface area contributed by atoms with Crippen LogP contribution in [-0.4, -0.2) is 31.5 Å². The quantitative estimate of drug-likeness (QED) is 0.353. The van der Waals surface area contributed by atoms with Gasteiger partial charge in [-0.05, 0) is 37.5 Å². The zero-order chi connectivity index (χ0) is 16.4. The Kier molecular flexibility index (Phi) is 11.5. The molecule has 0 atom stereocenters. The Bertz CT molecular complexity index is 503. The van der Waals surface area contributed by atoms with E-state index in [4.69, 9.17) is 0 Å². The van der Waals surface area contributed by atoms with Crippen LogP contribution in [0.25, 0.3) is 0 Å². The zero-order valence-corrected chi connectivity index (χ0v) is 16.8. The SMILES string of the molecule is CCNC(=O)c1cccc(CN=C(NCC)NCC(C)C)c1.I. The molecule has 3 N–H and O–H groups in total. The molecule has 0 bridgehead atoms. The van der Waals surface area contributed by atoms with Crippen LogP contribution in [0.1, 0.15) is 43.6 Å². The molecule has 23 heavy (non-hydrogen) atoms. The maximum Gasteiger partial charge on any atom is 0.251 e. The molecule has 5 nitrogen and oxygen atoms in total. The van der Waals surface area contributed by atoms with Crippen LogP contribution in [0.4, 0.5) is 0 Å². The molecule has 0 heterocycles. The summed E-state index contributed by atoms with van der Waals surface area (Å²) in [5, 5.41) is 9.34. The molecule has 0 aliphatic heterocycles. The maximum atomic E-state index is 11.8. The summed E-state index contributed by atoms with van der Waals surface area (Å²) in [5.74, 6) is 1.32. The highest BCUT2D eigenvalue weighted by molar-refractivity contribution is 14.0. The molecule has 0 aliphatic carbocycles. The summed E-state index contributed by atoms with van der Waals surface area (Å²) in [4.78, 5) is 16.4. The summed E-state index contributed by atoms with van der Waals surface area (Å²) in [6.45, 7) is 11.1. The Labute approximate surface area is 156 Å². The van der Waals surface area contributed by atoms with E-state index in [1.165, 1.54) is 0 Å². The van der Waals surface area contributed by atoms with Crippen molar-refractivity contribution in [3.05, 3.63) is 35.4 Å². The van der Waals surface area contributed by atoms with Crippen molar-refractivity contribution < 1.29 is 4.79 Å². The number of hydrogen-bond acceptors (Lipinski definition) is 2. The van der Waals surface area contributed by atoms with Gasteiger partial charge in [-0.15, -0.1) is 24.0 Å². The molecular formula is C17H29IN4O. The maximum absolute atomic E-state index is 11.8. The molecule has 0 unspecified atom stereocenters. The third-order valence-corrected chi connectivity index (χ3v) is 2.97. The normalized spacial score (nSPS) is 10.9. The number of benzene rings is 1. The molecule has 130 valence electrons. The lowest BCUT2D eigenvalue weighted by Crippen LogP contribution is -2.39. The van der Waals surface area contributed by atoms with E-state index in [1.807, 2.05) is 38.1 Å². The third-order valence-electron chi connectivity index (χ3n) is 2.97. The number of hydrogen-bond donors (Lipinski definition) is 3. The van der Waals surface area contributed by atoms with E-state index in [0.717, 1.165) is 24.6 Å². The molecule has 1 aromatic rings. The van der Waals surface area contributed by atoms with E-state index in [2.05, 4.69) is 34.8 Å². The number of nitrogens with zero attached hydrogens (tertiary/aromatic N) is 1. The third kappa shape index (κ3) is 8.78. The fourth-order valence-electron chi connectivity index (χ4n) is 1.89. The van der Waals surface area contributed by atoms with Crippen LogP contribution in [0.3, 0.4) is 0 Å². The average molecular weight is 432 g/mol. The van der Waals surface area contributed by atoms with E-state index < -0.39 is 0 Å². The Hall–Kier alpha value is -1.31. The molecule has 1 rings (SSSR count). The first-order valence-corrected chi connectivity index (χ1v) is 7.96. The molecule has 0 aliphatic rings. The molecule has 0 aromatic heterocycles. The van der Waals surface area contributed by atoms with Gasteiger partial charge in [0, 0.05) is 25.2 Å². The number of nitrogens with one attached hydrogen (secondary N) is 3. The minimum absolute atomic E-state index is 0. The van der Waals surface area contributed by atoms with E-state index in [0.29, 0.717) is 24.6 Å². The first-order chi connectivity index (χ1) is 10.6. The van der Waals surface area contributed by atoms with Crippen molar-refractivity contribution in [3.8, 4) is 0 Å². The van der Waals surface area contributed by atoms with E-state index in [-0.39, 0.29) is 29.9 Å². The van der Waals surface area contributed by atoms with Crippen molar-refractivity contribution >= 4 is 35.8 Å². The van der Waals surface area contributed by atoms with Crippen molar-refractivity contribution in [2.24, 2.45) is 10.9 Å². The van der Waals surface area contributed by atoms with Crippen LogP contribution in [0.2, 0.25) is 0 Å². The number of rotatable bonds is 7. The van der Waals surface area contributed by atoms with Crippen molar-refractivity contribution in [2.75, 3.05) is 19.6 Å². The first kappa shape index (κ1) is 21.7. The number of aliphatic imine (C=N–C) groups is 1. The molecule has 0 saturated carbocycles. The van der Waals surface area contributed by atoms with Gasteiger partial charge < -0.3 is 16.0 Å². The van der Waals surface area contributed by atoms with E-state index in [9.17, 15) is 4.79 Å². The highest BCUT2D eigenvalue weighted by Gasteiger charge is 2.05. The summed E-state index contributed by atoms with van der Waals surface area (Å²) in [7, 11) is 0. The van der Waals surface area contributed by atoms with Crippen LogP contribution in [-0.2, 0) is 6.54 Å². The fourth-order valence-corrected chi connectivity index (χ4v) is 1.89. The van der Waals surface area contributed by atoms with Crippen molar-refractivity contribution in [3.63, 3.8) is 0 Å². The Balaban J connectivity index is 0.00000484. The summed E-state index contributed by atoms with van der Waals surface area (Å²) < 4.78 is 0. The molecule has 6 heteroatoms. The number of guanidine groups is 1. The minimum atomic E-state index is -0.0434. The molecule has 0 spiro atoms. The van der Waals surface area contributed by atoms with Gasteiger partial charge in [-0.3, -0.25) is 4.79 Å². The van der Waals surface area contributed by atoms with E-state index in [1.54, 1.807) is 0 Å².